The molecule has 3 nitrogen and oxygen atoms in total. The standard InChI is InChI=1S/C16H25IO3/c1-3-15(2,17)14(19)20-16-7-10-4-5-12(13(18)9-16)11(6-10)8-16/h10-13,18H,3-9H2,1-2H3. The highest BCUT2D eigenvalue weighted by Crippen LogP contribution is 2.55. The maximum absolute atomic E-state index is 12.5. The second-order valence-corrected chi connectivity index (χ2v) is 9.79. The Hall–Kier alpha value is 0.160. The first-order valence-corrected chi connectivity index (χ1v) is 9.03. The number of aliphatic hydroxyl groups excluding tert-OH is 1. The van der Waals surface area contributed by atoms with Gasteiger partial charge in [0.25, 0.3) is 0 Å². The molecule has 4 heteroatoms. The molecule has 3 aliphatic carbocycles. The van der Waals surface area contributed by atoms with Gasteiger partial charge in [-0.3, -0.25) is 4.79 Å². The van der Waals surface area contributed by atoms with Gasteiger partial charge in [-0.1, -0.05) is 29.5 Å². The summed E-state index contributed by atoms with van der Waals surface area (Å²) in [7, 11) is 0. The van der Waals surface area contributed by atoms with Crippen LogP contribution in [-0.2, 0) is 9.53 Å². The molecule has 0 aromatic carbocycles. The van der Waals surface area contributed by atoms with Crippen molar-refractivity contribution in [3.05, 3.63) is 0 Å². The number of fused-ring (bicyclic) bond motifs is 2. The quantitative estimate of drug-likeness (QED) is 0.455. The molecule has 3 aliphatic rings. The van der Waals surface area contributed by atoms with Crippen LogP contribution in [-0.4, -0.2) is 26.2 Å². The number of hydrogen-bond donors (Lipinski definition) is 1. The molecule has 0 radical (unpaired) electrons. The SMILES string of the molecule is CCC(C)(I)C(=O)OC12CC3CCC(C(O)C1)C(C3)C2. The highest BCUT2D eigenvalue weighted by Gasteiger charge is 2.55. The highest BCUT2D eigenvalue weighted by atomic mass is 127. The second kappa shape index (κ2) is 5.11. The van der Waals surface area contributed by atoms with Crippen molar-refractivity contribution < 1.29 is 14.6 Å². The molecule has 0 amide bonds. The average molecular weight is 392 g/mol. The molecular weight excluding hydrogens is 367 g/mol. The zero-order chi connectivity index (χ0) is 14.5. The predicted molar refractivity (Wildman–Crippen MR) is 85.7 cm³/mol. The summed E-state index contributed by atoms with van der Waals surface area (Å²) in [6, 6.07) is 0. The normalized spacial score (nSPS) is 45.8. The molecule has 0 saturated heterocycles. The van der Waals surface area contributed by atoms with E-state index in [9.17, 15) is 9.90 Å². The van der Waals surface area contributed by atoms with Crippen LogP contribution in [0.5, 0.6) is 0 Å². The Morgan fingerprint density at radius 2 is 2.15 bits per heavy atom. The maximum Gasteiger partial charge on any atom is 0.322 e. The van der Waals surface area contributed by atoms with Crippen molar-refractivity contribution in [1.82, 2.24) is 0 Å². The van der Waals surface area contributed by atoms with Crippen molar-refractivity contribution in [3.8, 4) is 0 Å². The van der Waals surface area contributed by atoms with Crippen LogP contribution in [0.2, 0.25) is 0 Å². The maximum atomic E-state index is 12.5. The van der Waals surface area contributed by atoms with E-state index in [2.05, 4.69) is 22.6 Å². The lowest BCUT2D eigenvalue weighted by molar-refractivity contribution is -0.196. The van der Waals surface area contributed by atoms with Gasteiger partial charge in [-0.2, -0.15) is 0 Å². The molecule has 3 bridgehead atoms. The van der Waals surface area contributed by atoms with Crippen LogP contribution in [0.4, 0.5) is 0 Å². The third-order valence-corrected chi connectivity index (χ3v) is 7.12. The summed E-state index contributed by atoms with van der Waals surface area (Å²) in [5.74, 6) is 1.63. The Balaban J connectivity index is 1.80. The minimum absolute atomic E-state index is 0.0915. The number of halogens is 1. The van der Waals surface area contributed by atoms with Gasteiger partial charge in [-0.05, 0) is 63.2 Å². The highest BCUT2D eigenvalue weighted by molar-refractivity contribution is 14.1. The zero-order valence-corrected chi connectivity index (χ0v) is 14.6. The topological polar surface area (TPSA) is 46.5 Å². The summed E-state index contributed by atoms with van der Waals surface area (Å²) < 4.78 is 5.58. The number of carbonyl (C=O) groups excluding carboxylic acids is 1. The van der Waals surface area contributed by atoms with Crippen LogP contribution < -0.4 is 0 Å². The van der Waals surface area contributed by atoms with Crippen molar-refractivity contribution in [2.45, 2.75) is 73.9 Å². The van der Waals surface area contributed by atoms with Crippen LogP contribution in [0.3, 0.4) is 0 Å². The van der Waals surface area contributed by atoms with Gasteiger partial charge in [-0.25, -0.2) is 0 Å². The van der Waals surface area contributed by atoms with E-state index in [0.29, 0.717) is 24.2 Å². The fourth-order valence-electron chi connectivity index (χ4n) is 4.67. The lowest BCUT2D eigenvalue weighted by Crippen LogP contribution is -2.57. The van der Waals surface area contributed by atoms with Gasteiger partial charge >= 0.3 is 5.97 Å². The molecule has 6 unspecified atom stereocenters. The first-order valence-electron chi connectivity index (χ1n) is 7.96. The van der Waals surface area contributed by atoms with E-state index in [1.165, 1.54) is 19.3 Å². The van der Waals surface area contributed by atoms with Crippen molar-refractivity contribution in [1.29, 1.82) is 0 Å². The van der Waals surface area contributed by atoms with Gasteiger partial charge in [-0.15, -0.1) is 0 Å². The minimum atomic E-state index is -0.444. The Labute approximate surface area is 135 Å². The average Bonchev–Trinajstić information content (AvgIpc) is 2.36. The van der Waals surface area contributed by atoms with E-state index in [-0.39, 0.29) is 17.7 Å². The van der Waals surface area contributed by atoms with Crippen molar-refractivity contribution in [3.63, 3.8) is 0 Å². The largest absolute Gasteiger partial charge is 0.458 e. The lowest BCUT2D eigenvalue weighted by Gasteiger charge is -2.56. The number of hydrogen-bond acceptors (Lipinski definition) is 3. The molecule has 0 aliphatic heterocycles. The fraction of sp³-hybridized carbons (Fsp3) is 0.938. The van der Waals surface area contributed by atoms with Gasteiger partial charge in [0, 0.05) is 6.42 Å². The van der Waals surface area contributed by atoms with E-state index < -0.39 is 3.42 Å². The second-order valence-electron chi connectivity index (χ2n) is 7.41. The molecule has 0 aromatic rings. The van der Waals surface area contributed by atoms with E-state index in [1.807, 2.05) is 13.8 Å². The number of carbonyl (C=O) groups is 1. The van der Waals surface area contributed by atoms with Crippen LogP contribution >= 0.6 is 22.6 Å². The summed E-state index contributed by atoms with van der Waals surface area (Å²) in [5, 5.41) is 10.4. The van der Waals surface area contributed by atoms with Gasteiger partial charge in [0.15, 0.2) is 0 Å². The Kier molecular flexibility index (Phi) is 3.85. The lowest BCUT2D eigenvalue weighted by atomic mass is 9.55. The van der Waals surface area contributed by atoms with Gasteiger partial charge < -0.3 is 9.84 Å². The first-order chi connectivity index (χ1) is 9.35. The number of alkyl halides is 1. The Morgan fingerprint density at radius 1 is 1.40 bits per heavy atom. The van der Waals surface area contributed by atoms with E-state index >= 15 is 0 Å². The molecule has 6 atom stereocenters. The van der Waals surface area contributed by atoms with Crippen LogP contribution in [0.15, 0.2) is 0 Å². The van der Waals surface area contributed by atoms with E-state index in [1.54, 1.807) is 0 Å². The van der Waals surface area contributed by atoms with Crippen LogP contribution in [0.1, 0.15) is 58.8 Å². The number of esters is 1. The van der Waals surface area contributed by atoms with E-state index in [4.69, 9.17) is 4.74 Å². The summed E-state index contributed by atoms with van der Waals surface area (Å²) in [6.07, 6.45) is 6.71. The van der Waals surface area contributed by atoms with E-state index in [0.717, 1.165) is 19.3 Å². The summed E-state index contributed by atoms with van der Waals surface area (Å²) in [6.45, 7) is 3.96. The predicted octanol–water partition coefficient (Wildman–Crippen LogP) is 3.46. The van der Waals surface area contributed by atoms with Crippen molar-refractivity contribution in [2.75, 3.05) is 0 Å². The molecule has 0 heterocycles. The first kappa shape index (κ1) is 15.1. The van der Waals surface area contributed by atoms with Gasteiger partial charge in [0.1, 0.15) is 9.02 Å². The molecule has 3 saturated carbocycles. The van der Waals surface area contributed by atoms with Crippen LogP contribution in [0.25, 0.3) is 0 Å². The molecule has 1 N–H and O–H groups in total. The summed E-state index contributed by atoms with van der Waals surface area (Å²) in [5.41, 5.74) is -0.372. The smallest absolute Gasteiger partial charge is 0.322 e. The monoisotopic (exact) mass is 392 g/mol. The van der Waals surface area contributed by atoms with Crippen LogP contribution in [0, 0.1) is 17.8 Å². The van der Waals surface area contributed by atoms with Gasteiger partial charge in [0.2, 0.25) is 0 Å². The molecule has 20 heavy (non-hydrogen) atoms. The fourth-order valence-corrected chi connectivity index (χ4v) is 4.78. The number of ether oxygens (including phenoxy) is 1. The Morgan fingerprint density at radius 3 is 2.85 bits per heavy atom. The van der Waals surface area contributed by atoms with Crippen molar-refractivity contribution in [2.24, 2.45) is 17.8 Å². The minimum Gasteiger partial charge on any atom is -0.458 e. The molecular formula is C16H25IO3. The number of aliphatic hydroxyl groups is 1. The summed E-state index contributed by atoms with van der Waals surface area (Å²) >= 11 is 2.20. The molecule has 0 aromatic heterocycles. The molecule has 114 valence electrons. The Bertz CT molecular complexity index is 399. The molecule has 3 rings (SSSR count). The molecule has 0 spiro atoms. The number of rotatable bonds is 3. The third-order valence-electron chi connectivity index (χ3n) is 5.92. The summed E-state index contributed by atoms with van der Waals surface area (Å²) in [4.78, 5) is 12.5. The zero-order valence-electron chi connectivity index (χ0n) is 12.4. The molecule has 3 fully saturated rings. The van der Waals surface area contributed by atoms with Gasteiger partial charge in [0.05, 0.1) is 6.10 Å². The third kappa shape index (κ3) is 2.51. The van der Waals surface area contributed by atoms with Crippen molar-refractivity contribution >= 4 is 28.6 Å².